The van der Waals surface area contributed by atoms with Crippen LogP contribution in [-0.2, 0) is 6.42 Å². The third kappa shape index (κ3) is 2.84. The maximum atomic E-state index is 13.5. The Morgan fingerprint density at radius 1 is 1.14 bits per heavy atom. The summed E-state index contributed by atoms with van der Waals surface area (Å²) in [7, 11) is 2.12. The number of halogens is 1. The van der Waals surface area contributed by atoms with Gasteiger partial charge in [0.05, 0.1) is 0 Å². The van der Waals surface area contributed by atoms with Crippen molar-refractivity contribution in [1.29, 1.82) is 0 Å². The number of anilines is 1. The highest BCUT2D eigenvalue weighted by molar-refractivity contribution is 5.72. The highest BCUT2D eigenvalue weighted by Crippen LogP contribution is 2.28. The number of fused-ring (bicyclic) bond motifs is 1. The van der Waals surface area contributed by atoms with Gasteiger partial charge in [-0.05, 0) is 66.3 Å². The van der Waals surface area contributed by atoms with Crippen molar-refractivity contribution in [3.8, 4) is 5.75 Å². The fourth-order valence-corrected chi connectivity index (χ4v) is 2.96. The van der Waals surface area contributed by atoms with Crippen LogP contribution < -0.4 is 4.90 Å². The van der Waals surface area contributed by atoms with Gasteiger partial charge in [-0.2, -0.15) is 0 Å². The first-order valence-electron chi connectivity index (χ1n) is 7.56. The number of hydrogen-bond acceptors (Lipinski definition) is 2. The summed E-state index contributed by atoms with van der Waals surface area (Å²) < 4.78 is 13.5. The number of aryl methyl sites for hydroxylation is 2. The SMILES string of the molecule is Cc1cc(/C=C/c2ccc3c(c2)CCCN3C)cc(F)c1O. The van der Waals surface area contributed by atoms with Crippen molar-refractivity contribution in [3.05, 3.63) is 58.4 Å². The molecular formula is C19H20FNO. The monoisotopic (exact) mass is 297 g/mol. The molecule has 2 nitrogen and oxygen atoms in total. The molecule has 2 aromatic rings. The molecule has 0 saturated heterocycles. The molecule has 0 spiro atoms. The second kappa shape index (κ2) is 5.84. The highest BCUT2D eigenvalue weighted by Gasteiger charge is 2.13. The molecule has 0 atom stereocenters. The van der Waals surface area contributed by atoms with Crippen LogP contribution in [0.15, 0.2) is 30.3 Å². The molecule has 114 valence electrons. The molecule has 3 rings (SSSR count). The molecule has 1 aliphatic heterocycles. The maximum Gasteiger partial charge on any atom is 0.165 e. The minimum Gasteiger partial charge on any atom is -0.505 e. The Morgan fingerprint density at radius 3 is 2.68 bits per heavy atom. The predicted octanol–water partition coefficient (Wildman–Crippen LogP) is 4.39. The second-order valence-corrected chi connectivity index (χ2v) is 5.91. The molecule has 3 heteroatoms. The molecule has 1 aliphatic rings. The predicted molar refractivity (Wildman–Crippen MR) is 89.8 cm³/mol. The normalized spacial score (nSPS) is 14.4. The smallest absolute Gasteiger partial charge is 0.165 e. The summed E-state index contributed by atoms with van der Waals surface area (Å²) in [4.78, 5) is 2.28. The molecule has 0 bridgehead atoms. The van der Waals surface area contributed by atoms with E-state index in [9.17, 15) is 9.50 Å². The molecule has 1 N–H and O–H groups in total. The van der Waals surface area contributed by atoms with Gasteiger partial charge in [0, 0.05) is 19.3 Å². The van der Waals surface area contributed by atoms with E-state index in [0.717, 1.165) is 24.1 Å². The summed E-state index contributed by atoms with van der Waals surface area (Å²) in [6.07, 6.45) is 6.15. The third-order valence-corrected chi connectivity index (χ3v) is 4.20. The number of benzene rings is 2. The molecule has 2 aromatic carbocycles. The van der Waals surface area contributed by atoms with Crippen LogP contribution in [0.5, 0.6) is 5.75 Å². The lowest BCUT2D eigenvalue weighted by Crippen LogP contribution is -2.24. The Labute approximate surface area is 130 Å². The largest absolute Gasteiger partial charge is 0.505 e. The van der Waals surface area contributed by atoms with Crippen LogP contribution in [-0.4, -0.2) is 18.7 Å². The number of phenols is 1. The number of rotatable bonds is 2. The van der Waals surface area contributed by atoms with E-state index in [0.29, 0.717) is 5.56 Å². The summed E-state index contributed by atoms with van der Waals surface area (Å²) >= 11 is 0. The molecule has 22 heavy (non-hydrogen) atoms. The van der Waals surface area contributed by atoms with Crippen LogP contribution in [0, 0.1) is 12.7 Å². The van der Waals surface area contributed by atoms with Gasteiger partial charge < -0.3 is 10.0 Å². The standard InChI is InChI=1S/C19H20FNO/c1-13-10-15(12-17(20)19(13)22)6-5-14-7-8-18-16(11-14)4-3-9-21(18)2/h5-8,10-12,22H,3-4,9H2,1-2H3/b6-5+. The topological polar surface area (TPSA) is 23.5 Å². The van der Waals surface area contributed by atoms with E-state index in [2.05, 4.69) is 30.1 Å². The van der Waals surface area contributed by atoms with Gasteiger partial charge in [0.2, 0.25) is 0 Å². The number of aromatic hydroxyl groups is 1. The number of hydrogen-bond donors (Lipinski definition) is 1. The van der Waals surface area contributed by atoms with Crippen LogP contribution >= 0.6 is 0 Å². The minimum atomic E-state index is -0.577. The van der Waals surface area contributed by atoms with Crippen molar-refractivity contribution in [2.75, 3.05) is 18.5 Å². The van der Waals surface area contributed by atoms with Crippen molar-refractivity contribution < 1.29 is 9.50 Å². The van der Waals surface area contributed by atoms with Gasteiger partial charge in [-0.1, -0.05) is 18.2 Å². The molecule has 0 aromatic heterocycles. The van der Waals surface area contributed by atoms with E-state index in [-0.39, 0.29) is 5.75 Å². The Kier molecular flexibility index (Phi) is 3.88. The van der Waals surface area contributed by atoms with Gasteiger partial charge >= 0.3 is 0 Å². The van der Waals surface area contributed by atoms with Crippen molar-refractivity contribution in [2.24, 2.45) is 0 Å². The van der Waals surface area contributed by atoms with Gasteiger partial charge in [-0.15, -0.1) is 0 Å². The minimum absolute atomic E-state index is 0.269. The number of nitrogens with zero attached hydrogens (tertiary/aromatic N) is 1. The summed E-state index contributed by atoms with van der Waals surface area (Å²) in [6.45, 7) is 2.80. The van der Waals surface area contributed by atoms with Crippen molar-refractivity contribution in [1.82, 2.24) is 0 Å². The first kappa shape index (κ1) is 14.6. The molecule has 0 aliphatic carbocycles. The molecule has 0 radical (unpaired) electrons. The number of phenolic OH excluding ortho intramolecular Hbond substituents is 1. The summed E-state index contributed by atoms with van der Waals surface area (Å²) in [5.74, 6) is -0.847. The van der Waals surface area contributed by atoms with Crippen LogP contribution in [0.4, 0.5) is 10.1 Å². The Hall–Kier alpha value is -2.29. The zero-order valence-corrected chi connectivity index (χ0v) is 12.9. The molecule has 0 saturated carbocycles. The van der Waals surface area contributed by atoms with Crippen LogP contribution in [0.1, 0.15) is 28.7 Å². The van der Waals surface area contributed by atoms with E-state index < -0.39 is 5.82 Å². The second-order valence-electron chi connectivity index (χ2n) is 5.91. The lowest BCUT2D eigenvalue weighted by atomic mass is 9.99. The molecule has 0 fully saturated rings. The van der Waals surface area contributed by atoms with Gasteiger partial charge in [-0.25, -0.2) is 4.39 Å². The zero-order chi connectivity index (χ0) is 15.7. The molecule has 0 unspecified atom stereocenters. The van der Waals surface area contributed by atoms with Crippen molar-refractivity contribution in [2.45, 2.75) is 19.8 Å². The average Bonchev–Trinajstić information content (AvgIpc) is 2.50. The van der Waals surface area contributed by atoms with Gasteiger partial charge in [0.15, 0.2) is 11.6 Å². The van der Waals surface area contributed by atoms with Gasteiger partial charge in [0.1, 0.15) is 0 Å². The maximum absolute atomic E-state index is 13.5. The Balaban J connectivity index is 1.87. The third-order valence-electron chi connectivity index (χ3n) is 4.20. The van der Waals surface area contributed by atoms with E-state index >= 15 is 0 Å². The van der Waals surface area contributed by atoms with Crippen molar-refractivity contribution in [3.63, 3.8) is 0 Å². The Bertz CT molecular complexity index is 713. The summed E-state index contributed by atoms with van der Waals surface area (Å²) in [6, 6.07) is 9.56. The lowest BCUT2D eigenvalue weighted by molar-refractivity contribution is 0.428. The molecule has 1 heterocycles. The molecular weight excluding hydrogens is 277 g/mol. The highest BCUT2D eigenvalue weighted by atomic mass is 19.1. The van der Waals surface area contributed by atoms with E-state index in [1.165, 1.54) is 23.7 Å². The van der Waals surface area contributed by atoms with E-state index in [1.807, 2.05) is 12.2 Å². The fourth-order valence-electron chi connectivity index (χ4n) is 2.96. The van der Waals surface area contributed by atoms with Crippen molar-refractivity contribution >= 4 is 17.8 Å². The first-order chi connectivity index (χ1) is 10.5. The van der Waals surface area contributed by atoms with E-state index in [1.54, 1.807) is 13.0 Å². The zero-order valence-electron chi connectivity index (χ0n) is 12.9. The van der Waals surface area contributed by atoms with Gasteiger partial charge in [0.25, 0.3) is 0 Å². The summed E-state index contributed by atoms with van der Waals surface area (Å²) in [5, 5.41) is 9.47. The fraction of sp³-hybridized carbons (Fsp3) is 0.263. The average molecular weight is 297 g/mol. The first-order valence-corrected chi connectivity index (χ1v) is 7.56. The quantitative estimate of drug-likeness (QED) is 0.831. The van der Waals surface area contributed by atoms with Crippen LogP contribution in [0.25, 0.3) is 12.2 Å². The van der Waals surface area contributed by atoms with Gasteiger partial charge in [-0.3, -0.25) is 0 Å². The lowest BCUT2D eigenvalue weighted by Gasteiger charge is -2.27. The van der Waals surface area contributed by atoms with E-state index in [4.69, 9.17) is 0 Å². The Morgan fingerprint density at radius 2 is 1.91 bits per heavy atom. The molecule has 0 amide bonds. The summed E-state index contributed by atoms with van der Waals surface area (Å²) in [5.41, 5.74) is 5.08. The van der Waals surface area contributed by atoms with Crippen LogP contribution in [0.3, 0.4) is 0 Å². The van der Waals surface area contributed by atoms with Crippen LogP contribution in [0.2, 0.25) is 0 Å².